The second kappa shape index (κ2) is 15.4. The molecule has 0 unspecified atom stereocenters. The molecule has 0 radical (unpaired) electrons. The molecule has 2 saturated heterocycles. The standard InChI is InChI=1S/C37H50N4O5.ClH/c1-2-3-21-41-34(43)32(24-36(45)17-5-4-6-18-36)39-35(44)37(41)19-22-40(23-20-37)26-28-9-13-30(14-10-28)46-31-15-11-29(12-16-31)33(42)38-25-27-7-8-27;/h9-16,27,32,45H,2-8,17-26H2,1H3,(H,38,42)(H,39,44);1H/t32-;/m1./s1. The number of hydrogen-bond acceptors (Lipinski definition) is 6. The highest BCUT2D eigenvalue weighted by Crippen LogP contribution is 2.38. The molecule has 1 atom stereocenters. The maximum atomic E-state index is 13.9. The van der Waals surface area contributed by atoms with Crippen LogP contribution in [-0.2, 0) is 16.1 Å². The van der Waals surface area contributed by atoms with E-state index in [-0.39, 0.29) is 30.1 Å². The van der Waals surface area contributed by atoms with Crippen molar-refractivity contribution < 1.29 is 24.2 Å². The molecule has 4 fully saturated rings. The number of unbranched alkanes of at least 4 members (excludes halogenated alkanes) is 1. The number of carbonyl (C=O) groups is 3. The van der Waals surface area contributed by atoms with Crippen LogP contribution in [0.1, 0.15) is 99.9 Å². The molecule has 2 aliphatic heterocycles. The summed E-state index contributed by atoms with van der Waals surface area (Å²) in [6, 6.07) is 14.6. The molecule has 10 heteroatoms. The zero-order chi connectivity index (χ0) is 32.1. The second-order valence-corrected chi connectivity index (χ2v) is 14.1. The third-order valence-electron chi connectivity index (χ3n) is 10.5. The molecule has 6 rings (SSSR count). The highest BCUT2D eigenvalue weighted by Gasteiger charge is 2.54. The summed E-state index contributed by atoms with van der Waals surface area (Å²) in [6.07, 6.45) is 10.2. The molecule has 2 saturated carbocycles. The number of amides is 3. The maximum Gasteiger partial charge on any atom is 0.251 e. The molecule has 2 aromatic rings. The number of aliphatic hydroxyl groups is 1. The summed E-state index contributed by atoms with van der Waals surface area (Å²) >= 11 is 0. The van der Waals surface area contributed by atoms with Crippen molar-refractivity contribution in [3.8, 4) is 11.5 Å². The van der Waals surface area contributed by atoms with Gasteiger partial charge in [-0.2, -0.15) is 0 Å². The molecule has 2 heterocycles. The first-order valence-corrected chi connectivity index (χ1v) is 17.5. The number of ether oxygens (including phenoxy) is 1. The molecular weight excluding hydrogens is 616 g/mol. The van der Waals surface area contributed by atoms with Gasteiger partial charge in [0.2, 0.25) is 11.8 Å². The van der Waals surface area contributed by atoms with Gasteiger partial charge in [-0.05, 0) is 92.8 Å². The summed E-state index contributed by atoms with van der Waals surface area (Å²) in [6.45, 7) is 5.63. The molecule has 3 N–H and O–H groups in total. The van der Waals surface area contributed by atoms with Crippen LogP contribution in [0.4, 0.5) is 0 Å². The van der Waals surface area contributed by atoms with Crippen LogP contribution in [0.25, 0.3) is 0 Å². The molecule has 0 bridgehead atoms. The summed E-state index contributed by atoms with van der Waals surface area (Å²) in [5, 5.41) is 17.2. The van der Waals surface area contributed by atoms with E-state index in [2.05, 4.69) is 34.6 Å². The van der Waals surface area contributed by atoms with Gasteiger partial charge >= 0.3 is 0 Å². The van der Waals surface area contributed by atoms with Crippen molar-refractivity contribution in [3.05, 3.63) is 59.7 Å². The third kappa shape index (κ3) is 8.48. The summed E-state index contributed by atoms with van der Waals surface area (Å²) in [5.41, 5.74) is 0.0973. The Bertz CT molecular complexity index is 1370. The zero-order valence-electron chi connectivity index (χ0n) is 27.7. The highest BCUT2D eigenvalue weighted by atomic mass is 35.5. The van der Waals surface area contributed by atoms with Crippen molar-refractivity contribution in [1.29, 1.82) is 0 Å². The molecule has 1 spiro atoms. The van der Waals surface area contributed by atoms with E-state index < -0.39 is 17.2 Å². The first-order valence-electron chi connectivity index (χ1n) is 17.5. The lowest BCUT2D eigenvalue weighted by Gasteiger charge is -2.52. The van der Waals surface area contributed by atoms with E-state index in [9.17, 15) is 19.5 Å². The molecule has 9 nitrogen and oxygen atoms in total. The van der Waals surface area contributed by atoms with E-state index in [1.807, 2.05) is 29.2 Å². The number of hydrogen-bond donors (Lipinski definition) is 3. The Labute approximate surface area is 285 Å². The van der Waals surface area contributed by atoms with E-state index in [0.29, 0.717) is 55.9 Å². The third-order valence-corrected chi connectivity index (χ3v) is 10.5. The number of nitrogens with one attached hydrogen (secondary N) is 2. The van der Waals surface area contributed by atoms with Gasteiger partial charge in [0.1, 0.15) is 23.1 Å². The first-order chi connectivity index (χ1) is 22.3. The predicted octanol–water partition coefficient (Wildman–Crippen LogP) is 5.59. The van der Waals surface area contributed by atoms with Crippen molar-refractivity contribution in [3.63, 3.8) is 0 Å². The van der Waals surface area contributed by atoms with Gasteiger partial charge in [-0.3, -0.25) is 19.3 Å². The van der Waals surface area contributed by atoms with Crippen LogP contribution in [0.3, 0.4) is 0 Å². The molecular formula is C37H51ClN4O5. The van der Waals surface area contributed by atoms with Crippen molar-refractivity contribution in [1.82, 2.24) is 20.4 Å². The quantitative estimate of drug-likeness (QED) is 0.273. The minimum Gasteiger partial charge on any atom is -0.457 e. The maximum absolute atomic E-state index is 13.9. The van der Waals surface area contributed by atoms with Crippen LogP contribution in [-0.4, -0.2) is 76.0 Å². The van der Waals surface area contributed by atoms with Crippen LogP contribution in [0.2, 0.25) is 0 Å². The summed E-state index contributed by atoms with van der Waals surface area (Å²) in [7, 11) is 0. The summed E-state index contributed by atoms with van der Waals surface area (Å²) in [4.78, 5) is 44.2. The average molecular weight is 667 g/mol. The molecule has 3 amide bonds. The minimum atomic E-state index is -0.867. The predicted molar refractivity (Wildman–Crippen MR) is 184 cm³/mol. The monoisotopic (exact) mass is 666 g/mol. The van der Waals surface area contributed by atoms with Crippen LogP contribution < -0.4 is 15.4 Å². The Morgan fingerprint density at radius 3 is 2.21 bits per heavy atom. The second-order valence-electron chi connectivity index (χ2n) is 14.1. The average Bonchev–Trinajstić information content (AvgIpc) is 3.90. The molecule has 4 aliphatic rings. The largest absolute Gasteiger partial charge is 0.457 e. The van der Waals surface area contributed by atoms with Gasteiger partial charge in [0.25, 0.3) is 5.91 Å². The Kier molecular flexibility index (Phi) is 11.5. The zero-order valence-corrected chi connectivity index (χ0v) is 28.5. The fourth-order valence-corrected chi connectivity index (χ4v) is 7.42. The van der Waals surface area contributed by atoms with Crippen LogP contribution >= 0.6 is 12.4 Å². The number of rotatable bonds is 12. The van der Waals surface area contributed by atoms with Crippen LogP contribution in [0.15, 0.2) is 48.5 Å². The Morgan fingerprint density at radius 1 is 0.957 bits per heavy atom. The van der Waals surface area contributed by atoms with E-state index in [1.54, 1.807) is 12.1 Å². The number of nitrogens with zero attached hydrogens (tertiary/aromatic N) is 2. The van der Waals surface area contributed by atoms with Gasteiger partial charge in [0.15, 0.2) is 0 Å². The highest BCUT2D eigenvalue weighted by molar-refractivity contribution is 6.00. The van der Waals surface area contributed by atoms with E-state index in [1.165, 1.54) is 12.8 Å². The fraction of sp³-hybridized carbons (Fsp3) is 0.595. The Balaban J connectivity index is 0.00000433. The summed E-state index contributed by atoms with van der Waals surface area (Å²) < 4.78 is 6.03. The smallest absolute Gasteiger partial charge is 0.251 e. The topological polar surface area (TPSA) is 111 Å². The normalized spacial score (nSPS) is 22.3. The van der Waals surface area contributed by atoms with Gasteiger partial charge < -0.3 is 25.4 Å². The van der Waals surface area contributed by atoms with Crippen molar-refractivity contribution in [2.24, 2.45) is 5.92 Å². The van der Waals surface area contributed by atoms with Gasteiger partial charge in [-0.15, -0.1) is 12.4 Å². The lowest BCUT2D eigenvalue weighted by molar-refractivity contribution is -0.163. The fourth-order valence-electron chi connectivity index (χ4n) is 7.42. The lowest BCUT2D eigenvalue weighted by atomic mass is 9.77. The number of piperazine rings is 1. The lowest BCUT2D eigenvalue weighted by Crippen LogP contribution is -2.73. The van der Waals surface area contributed by atoms with Gasteiger partial charge in [-0.1, -0.05) is 44.7 Å². The Hall–Kier alpha value is -3.14. The first kappa shape index (κ1) is 35.2. The molecule has 2 aromatic carbocycles. The van der Waals surface area contributed by atoms with Crippen LogP contribution in [0.5, 0.6) is 11.5 Å². The van der Waals surface area contributed by atoms with Crippen molar-refractivity contribution in [2.75, 3.05) is 26.2 Å². The Morgan fingerprint density at radius 2 is 1.60 bits per heavy atom. The number of likely N-dealkylation sites (tertiary alicyclic amines) is 1. The number of carbonyl (C=O) groups excluding carboxylic acids is 3. The van der Waals surface area contributed by atoms with Gasteiger partial charge in [-0.25, -0.2) is 0 Å². The van der Waals surface area contributed by atoms with Gasteiger partial charge in [0, 0.05) is 44.7 Å². The van der Waals surface area contributed by atoms with Crippen molar-refractivity contribution >= 4 is 30.1 Å². The van der Waals surface area contributed by atoms with E-state index in [0.717, 1.165) is 69.6 Å². The van der Waals surface area contributed by atoms with Crippen molar-refractivity contribution in [2.45, 2.75) is 108 Å². The number of halogens is 1. The molecule has 2 aliphatic carbocycles. The molecule has 47 heavy (non-hydrogen) atoms. The SMILES string of the molecule is CCCCN1C(=O)[C@@H](CC2(O)CCCCC2)NC(=O)C12CCN(Cc1ccc(Oc3ccc(C(=O)NCC4CC4)cc3)cc1)CC2.Cl. The van der Waals surface area contributed by atoms with E-state index >= 15 is 0 Å². The number of benzene rings is 2. The van der Waals surface area contributed by atoms with Gasteiger partial charge in [0.05, 0.1) is 5.60 Å². The van der Waals surface area contributed by atoms with Crippen LogP contribution in [0, 0.1) is 5.92 Å². The molecule has 256 valence electrons. The molecule has 0 aromatic heterocycles. The minimum absolute atomic E-state index is 0. The number of piperidine rings is 1. The summed E-state index contributed by atoms with van der Waals surface area (Å²) in [5.74, 6) is 1.92. The van der Waals surface area contributed by atoms with E-state index in [4.69, 9.17) is 4.74 Å².